The molecule has 3 nitrogen and oxygen atoms in total. The van der Waals surface area contributed by atoms with E-state index < -0.39 is 0 Å². The molecule has 0 bridgehead atoms. The van der Waals surface area contributed by atoms with E-state index in [-0.39, 0.29) is 0 Å². The van der Waals surface area contributed by atoms with Gasteiger partial charge in [0.05, 0.1) is 0 Å². The quantitative estimate of drug-likeness (QED) is 0.774. The predicted molar refractivity (Wildman–Crippen MR) is 71.5 cm³/mol. The molecule has 0 radical (unpaired) electrons. The van der Waals surface area contributed by atoms with Gasteiger partial charge in [-0.3, -0.25) is 0 Å². The van der Waals surface area contributed by atoms with E-state index >= 15 is 0 Å². The van der Waals surface area contributed by atoms with Crippen LogP contribution < -0.4 is 0 Å². The lowest BCUT2D eigenvalue weighted by molar-refractivity contribution is 0.258. The Hall–Kier alpha value is -0.610. The van der Waals surface area contributed by atoms with Crippen molar-refractivity contribution in [1.29, 1.82) is 0 Å². The van der Waals surface area contributed by atoms with Crippen LogP contribution in [0.2, 0.25) is 0 Å². The molecule has 1 aromatic heterocycles. The van der Waals surface area contributed by atoms with Crippen molar-refractivity contribution in [3.63, 3.8) is 0 Å². The van der Waals surface area contributed by atoms with Crippen LogP contribution in [0.5, 0.6) is 0 Å². The summed E-state index contributed by atoms with van der Waals surface area (Å²) in [6.07, 6.45) is 3.05. The third-order valence-corrected chi connectivity index (χ3v) is 3.42. The van der Waals surface area contributed by atoms with Gasteiger partial charge in [0.2, 0.25) is 0 Å². The van der Waals surface area contributed by atoms with E-state index in [0.29, 0.717) is 6.04 Å². The van der Waals surface area contributed by atoms with E-state index in [4.69, 9.17) is 12.2 Å². The summed E-state index contributed by atoms with van der Waals surface area (Å²) in [6.45, 7) is 12.1. The monoisotopic (exact) mass is 241 g/mol. The molecule has 1 rings (SSSR count). The van der Waals surface area contributed by atoms with E-state index in [9.17, 15) is 0 Å². The van der Waals surface area contributed by atoms with E-state index in [2.05, 4.69) is 42.1 Å². The van der Waals surface area contributed by atoms with Crippen LogP contribution >= 0.6 is 12.2 Å². The maximum atomic E-state index is 5.33. The van der Waals surface area contributed by atoms with E-state index in [1.54, 1.807) is 0 Å². The second-order valence-corrected chi connectivity index (χ2v) is 4.53. The minimum absolute atomic E-state index is 0.439. The number of imidazole rings is 1. The number of aromatic amines is 1. The number of aromatic nitrogens is 2. The van der Waals surface area contributed by atoms with E-state index in [1.807, 2.05) is 6.20 Å². The van der Waals surface area contributed by atoms with Gasteiger partial charge in [0.1, 0.15) is 0 Å². The minimum atomic E-state index is 0.439. The van der Waals surface area contributed by atoms with Gasteiger partial charge in [-0.15, -0.1) is 0 Å². The first-order valence-corrected chi connectivity index (χ1v) is 6.55. The molecule has 1 atom stereocenters. The Balaban J connectivity index is 2.82. The maximum Gasteiger partial charge on any atom is 0.177 e. The Morgan fingerprint density at radius 1 is 1.38 bits per heavy atom. The molecule has 0 spiro atoms. The first-order chi connectivity index (χ1) is 7.63. The third-order valence-electron chi connectivity index (χ3n) is 3.11. The van der Waals surface area contributed by atoms with Crippen LogP contribution in [-0.4, -0.2) is 34.1 Å². The lowest BCUT2D eigenvalue weighted by atomic mass is 10.2. The summed E-state index contributed by atoms with van der Waals surface area (Å²) in [4.78, 5) is 5.57. The number of rotatable bonds is 6. The molecule has 0 saturated heterocycles. The zero-order chi connectivity index (χ0) is 12.1. The molecule has 4 heteroatoms. The van der Waals surface area contributed by atoms with E-state index in [0.717, 1.165) is 30.8 Å². The normalized spacial score (nSPS) is 13.3. The second kappa shape index (κ2) is 6.21. The van der Waals surface area contributed by atoms with Crippen LogP contribution in [0.15, 0.2) is 6.20 Å². The highest BCUT2D eigenvalue weighted by molar-refractivity contribution is 7.71. The summed E-state index contributed by atoms with van der Waals surface area (Å²) in [7, 11) is 0. The number of nitrogens with one attached hydrogen (secondary N) is 1. The van der Waals surface area contributed by atoms with Crippen LogP contribution in [0.1, 0.15) is 39.4 Å². The van der Waals surface area contributed by atoms with Crippen molar-refractivity contribution in [2.75, 3.05) is 19.6 Å². The highest BCUT2D eigenvalue weighted by atomic mass is 32.1. The Bertz CT molecular complexity index is 363. The Kier molecular flexibility index (Phi) is 5.22. The van der Waals surface area contributed by atoms with Gasteiger partial charge in [0.15, 0.2) is 4.77 Å². The Morgan fingerprint density at radius 2 is 2.00 bits per heavy atom. The topological polar surface area (TPSA) is 24.0 Å². The zero-order valence-electron chi connectivity index (χ0n) is 10.8. The zero-order valence-corrected chi connectivity index (χ0v) is 11.6. The lowest BCUT2D eigenvalue weighted by Crippen LogP contribution is -2.30. The van der Waals surface area contributed by atoms with Crippen molar-refractivity contribution in [3.05, 3.63) is 16.7 Å². The van der Waals surface area contributed by atoms with E-state index in [1.165, 1.54) is 5.69 Å². The van der Waals surface area contributed by atoms with Crippen LogP contribution in [0.3, 0.4) is 0 Å². The molecule has 92 valence electrons. The molecular weight excluding hydrogens is 218 g/mol. The predicted octanol–water partition coefficient (Wildman–Crippen LogP) is 3.01. The van der Waals surface area contributed by atoms with Crippen molar-refractivity contribution in [1.82, 2.24) is 14.5 Å². The van der Waals surface area contributed by atoms with Gasteiger partial charge in [-0.2, -0.15) is 0 Å². The van der Waals surface area contributed by atoms with Crippen LogP contribution in [-0.2, 0) is 6.42 Å². The number of hydrogen-bond acceptors (Lipinski definition) is 2. The summed E-state index contributed by atoms with van der Waals surface area (Å²) >= 11 is 5.33. The highest BCUT2D eigenvalue weighted by Crippen LogP contribution is 2.13. The highest BCUT2D eigenvalue weighted by Gasteiger charge is 2.12. The SMILES string of the molecule is CCc1c[nH]c(=S)n1C(C)CN(CC)CC. The first-order valence-electron chi connectivity index (χ1n) is 6.15. The molecule has 0 fully saturated rings. The van der Waals surface area contributed by atoms with Crippen molar-refractivity contribution in [2.24, 2.45) is 0 Å². The molecule has 0 aliphatic heterocycles. The average Bonchev–Trinajstić information content (AvgIpc) is 2.67. The molecule has 0 aliphatic carbocycles. The third kappa shape index (κ3) is 2.95. The van der Waals surface area contributed by atoms with Gasteiger partial charge in [0, 0.05) is 24.5 Å². The number of likely N-dealkylation sites (N-methyl/N-ethyl adjacent to an activating group) is 1. The van der Waals surface area contributed by atoms with Gasteiger partial charge in [-0.1, -0.05) is 20.8 Å². The number of nitrogens with zero attached hydrogens (tertiary/aromatic N) is 2. The summed E-state index contributed by atoms with van der Waals surface area (Å²) in [5.41, 5.74) is 1.30. The molecule has 1 unspecified atom stereocenters. The van der Waals surface area contributed by atoms with Gasteiger partial charge in [-0.05, 0) is 38.7 Å². The Labute approximate surface area is 103 Å². The summed E-state index contributed by atoms with van der Waals surface area (Å²) in [6, 6.07) is 0.439. The lowest BCUT2D eigenvalue weighted by Gasteiger charge is -2.24. The fourth-order valence-electron chi connectivity index (χ4n) is 2.11. The maximum absolute atomic E-state index is 5.33. The molecule has 0 amide bonds. The van der Waals surface area contributed by atoms with Crippen LogP contribution in [0.4, 0.5) is 0 Å². The fraction of sp³-hybridized carbons (Fsp3) is 0.750. The van der Waals surface area contributed by atoms with Crippen molar-refractivity contribution < 1.29 is 0 Å². The van der Waals surface area contributed by atoms with Gasteiger partial charge < -0.3 is 14.5 Å². The number of hydrogen-bond donors (Lipinski definition) is 1. The smallest absolute Gasteiger partial charge is 0.177 e. The first kappa shape index (κ1) is 13.5. The molecule has 1 heterocycles. The Morgan fingerprint density at radius 3 is 2.50 bits per heavy atom. The van der Waals surface area contributed by atoms with Crippen molar-refractivity contribution >= 4 is 12.2 Å². The van der Waals surface area contributed by atoms with Gasteiger partial charge in [0.25, 0.3) is 0 Å². The molecule has 0 saturated carbocycles. The molecular formula is C12H23N3S. The van der Waals surface area contributed by atoms with Crippen LogP contribution in [0.25, 0.3) is 0 Å². The van der Waals surface area contributed by atoms with Crippen molar-refractivity contribution in [3.8, 4) is 0 Å². The second-order valence-electron chi connectivity index (χ2n) is 4.14. The van der Waals surface area contributed by atoms with Gasteiger partial charge >= 0.3 is 0 Å². The molecule has 1 aromatic rings. The summed E-state index contributed by atoms with van der Waals surface area (Å²) in [5, 5.41) is 0. The number of H-pyrrole nitrogens is 1. The average molecular weight is 241 g/mol. The molecule has 16 heavy (non-hydrogen) atoms. The van der Waals surface area contributed by atoms with Gasteiger partial charge in [-0.25, -0.2) is 0 Å². The van der Waals surface area contributed by atoms with Crippen molar-refractivity contribution in [2.45, 2.75) is 40.2 Å². The summed E-state index contributed by atoms with van der Waals surface area (Å²) < 4.78 is 3.09. The standard InChI is InChI=1S/C12H23N3S/c1-5-11-8-13-12(16)15(11)10(4)9-14(6-2)7-3/h8,10H,5-7,9H2,1-4H3,(H,13,16). The number of aryl methyl sites for hydroxylation is 1. The molecule has 0 aromatic carbocycles. The molecule has 0 aliphatic rings. The minimum Gasteiger partial charge on any atom is -0.337 e. The molecule has 1 N–H and O–H groups in total. The fourth-order valence-corrected chi connectivity index (χ4v) is 2.46. The largest absolute Gasteiger partial charge is 0.337 e. The summed E-state index contributed by atoms with van der Waals surface area (Å²) in [5.74, 6) is 0. The van der Waals surface area contributed by atoms with Crippen LogP contribution in [0, 0.1) is 4.77 Å².